The lowest BCUT2D eigenvalue weighted by atomic mass is 10.0. The molecule has 0 saturated carbocycles. The third-order valence-corrected chi connectivity index (χ3v) is 4.28. The molecule has 1 N–H and O–H groups in total. The van der Waals surface area contributed by atoms with Gasteiger partial charge in [-0.05, 0) is 47.9 Å². The molecule has 1 amide bonds. The van der Waals surface area contributed by atoms with E-state index in [1.165, 1.54) is 5.56 Å². The van der Waals surface area contributed by atoms with Crippen LogP contribution in [0.3, 0.4) is 0 Å². The predicted octanol–water partition coefficient (Wildman–Crippen LogP) is 4.97. The minimum absolute atomic E-state index is 0.163. The Bertz CT molecular complexity index is 881. The molecular formula is C24H25NO3. The van der Waals surface area contributed by atoms with Crippen molar-refractivity contribution in [1.82, 2.24) is 5.32 Å². The molecule has 0 radical (unpaired) electrons. The molecule has 0 aliphatic rings. The van der Waals surface area contributed by atoms with Gasteiger partial charge in [0.1, 0.15) is 18.1 Å². The first-order valence-electron chi connectivity index (χ1n) is 9.57. The van der Waals surface area contributed by atoms with Gasteiger partial charge in [0.15, 0.2) is 0 Å². The Morgan fingerprint density at radius 2 is 1.82 bits per heavy atom. The summed E-state index contributed by atoms with van der Waals surface area (Å²) in [6.45, 7) is 2.98. The Labute approximate surface area is 165 Å². The second-order valence-electron chi connectivity index (χ2n) is 6.44. The van der Waals surface area contributed by atoms with Gasteiger partial charge in [-0.1, -0.05) is 55.8 Å². The van der Waals surface area contributed by atoms with E-state index in [0.717, 1.165) is 24.2 Å². The molecule has 0 aliphatic carbocycles. The number of furan rings is 1. The average Bonchev–Trinajstić information content (AvgIpc) is 3.25. The van der Waals surface area contributed by atoms with Gasteiger partial charge >= 0.3 is 0 Å². The summed E-state index contributed by atoms with van der Waals surface area (Å²) in [6, 6.07) is 21.3. The van der Waals surface area contributed by atoms with Crippen LogP contribution in [0.2, 0.25) is 0 Å². The maximum absolute atomic E-state index is 12.7. The van der Waals surface area contributed by atoms with Crippen LogP contribution in [0.4, 0.5) is 0 Å². The number of amides is 1. The summed E-state index contributed by atoms with van der Waals surface area (Å²) < 4.78 is 11.1. The molecule has 2 aromatic carbocycles. The van der Waals surface area contributed by atoms with E-state index >= 15 is 0 Å². The molecule has 4 heteroatoms. The summed E-state index contributed by atoms with van der Waals surface area (Å²) >= 11 is 0. The third kappa shape index (κ3) is 5.61. The van der Waals surface area contributed by atoms with E-state index < -0.39 is 0 Å². The normalized spacial score (nSPS) is 11.2. The number of carbonyl (C=O) groups excluding carboxylic acids is 1. The molecule has 0 aliphatic heterocycles. The summed E-state index contributed by atoms with van der Waals surface area (Å²) in [7, 11) is 0. The first-order chi connectivity index (χ1) is 13.8. The molecule has 0 unspecified atom stereocenters. The fourth-order valence-corrected chi connectivity index (χ4v) is 2.88. The molecule has 144 valence electrons. The molecule has 28 heavy (non-hydrogen) atoms. The lowest BCUT2D eigenvalue weighted by Crippen LogP contribution is -2.28. The predicted molar refractivity (Wildman–Crippen MR) is 112 cm³/mol. The van der Waals surface area contributed by atoms with E-state index in [1.807, 2.05) is 48.5 Å². The van der Waals surface area contributed by atoms with Gasteiger partial charge in [-0.25, -0.2) is 0 Å². The molecule has 1 heterocycles. The number of carbonyl (C=O) groups is 1. The second kappa shape index (κ2) is 10.2. The molecule has 0 spiro atoms. The summed E-state index contributed by atoms with van der Waals surface area (Å²) in [5.41, 5.74) is 2.70. The SMILES string of the molecule is CCCc1ccc(OCCNC(=O)/C(=C/c2ccco2)c2ccccc2)cc1. The van der Waals surface area contributed by atoms with Gasteiger partial charge in [-0.2, -0.15) is 0 Å². The van der Waals surface area contributed by atoms with Gasteiger partial charge in [-0.15, -0.1) is 0 Å². The molecular weight excluding hydrogens is 350 g/mol. The van der Waals surface area contributed by atoms with Crippen LogP contribution < -0.4 is 10.1 Å². The second-order valence-corrected chi connectivity index (χ2v) is 6.44. The van der Waals surface area contributed by atoms with Crippen molar-refractivity contribution in [2.45, 2.75) is 19.8 Å². The summed E-state index contributed by atoms with van der Waals surface area (Å²) in [5.74, 6) is 1.28. The van der Waals surface area contributed by atoms with Gasteiger partial charge in [0, 0.05) is 0 Å². The summed E-state index contributed by atoms with van der Waals surface area (Å²) in [6.07, 6.45) is 5.53. The maximum atomic E-state index is 12.7. The number of hydrogen-bond acceptors (Lipinski definition) is 3. The largest absolute Gasteiger partial charge is 0.492 e. The monoisotopic (exact) mass is 375 g/mol. The van der Waals surface area contributed by atoms with Crippen molar-refractivity contribution in [2.24, 2.45) is 0 Å². The van der Waals surface area contributed by atoms with E-state index in [2.05, 4.69) is 24.4 Å². The molecule has 1 aromatic heterocycles. The fraction of sp³-hybridized carbons (Fsp3) is 0.208. The Morgan fingerprint density at radius 3 is 2.50 bits per heavy atom. The Hall–Kier alpha value is -3.27. The Balaban J connectivity index is 1.57. The van der Waals surface area contributed by atoms with Crippen LogP contribution in [0.5, 0.6) is 5.75 Å². The van der Waals surface area contributed by atoms with Crippen molar-refractivity contribution in [1.29, 1.82) is 0 Å². The van der Waals surface area contributed by atoms with Crippen molar-refractivity contribution < 1.29 is 13.9 Å². The fourth-order valence-electron chi connectivity index (χ4n) is 2.88. The van der Waals surface area contributed by atoms with Gasteiger partial charge in [-0.3, -0.25) is 4.79 Å². The number of aryl methyl sites for hydroxylation is 1. The lowest BCUT2D eigenvalue weighted by molar-refractivity contribution is -0.115. The van der Waals surface area contributed by atoms with Crippen LogP contribution >= 0.6 is 0 Å². The molecule has 0 bridgehead atoms. The number of rotatable bonds is 9. The molecule has 3 rings (SSSR count). The van der Waals surface area contributed by atoms with Crippen molar-refractivity contribution in [3.8, 4) is 5.75 Å². The van der Waals surface area contributed by atoms with Gasteiger partial charge in [0.25, 0.3) is 5.91 Å². The van der Waals surface area contributed by atoms with Crippen molar-refractivity contribution >= 4 is 17.6 Å². The highest BCUT2D eigenvalue weighted by molar-refractivity contribution is 6.24. The first kappa shape index (κ1) is 19.5. The van der Waals surface area contributed by atoms with E-state index in [9.17, 15) is 4.79 Å². The molecule has 0 fully saturated rings. The van der Waals surface area contributed by atoms with E-state index in [4.69, 9.17) is 9.15 Å². The topological polar surface area (TPSA) is 51.5 Å². The number of benzene rings is 2. The van der Waals surface area contributed by atoms with Crippen LogP contribution in [0.15, 0.2) is 77.4 Å². The lowest BCUT2D eigenvalue weighted by Gasteiger charge is -2.11. The van der Waals surface area contributed by atoms with Crippen LogP contribution in [0.25, 0.3) is 11.6 Å². The summed E-state index contributed by atoms with van der Waals surface area (Å²) in [5, 5.41) is 2.92. The minimum Gasteiger partial charge on any atom is -0.492 e. The summed E-state index contributed by atoms with van der Waals surface area (Å²) in [4.78, 5) is 12.7. The molecule has 4 nitrogen and oxygen atoms in total. The highest BCUT2D eigenvalue weighted by Crippen LogP contribution is 2.19. The number of nitrogens with one attached hydrogen (secondary N) is 1. The van der Waals surface area contributed by atoms with Crippen LogP contribution in [-0.4, -0.2) is 19.1 Å². The zero-order valence-electron chi connectivity index (χ0n) is 16.1. The number of hydrogen-bond donors (Lipinski definition) is 1. The standard InChI is InChI=1S/C24H25NO3/c1-2-7-19-11-13-21(14-12-19)28-17-15-25-24(26)23(18-22-10-6-16-27-22)20-8-4-3-5-9-20/h3-6,8-14,16,18H,2,7,15,17H2,1H3,(H,25,26)/b23-18+. The van der Waals surface area contributed by atoms with Crippen LogP contribution in [0, 0.1) is 0 Å². The average molecular weight is 375 g/mol. The Kier molecular flexibility index (Phi) is 7.08. The van der Waals surface area contributed by atoms with Gasteiger partial charge < -0.3 is 14.5 Å². The Morgan fingerprint density at radius 1 is 1.04 bits per heavy atom. The van der Waals surface area contributed by atoms with Crippen LogP contribution in [-0.2, 0) is 11.2 Å². The zero-order chi connectivity index (χ0) is 19.6. The highest BCUT2D eigenvalue weighted by atomic mass is 16.5. The minimum atomic E-state index is -0.163. The van der Waals surface area contributed by atoms with Crippen molar-refractivity contribution in [3.05, 3.63) is 89.9 Å². The molecule has 0 atom stereocenters. The number of ether oxygens (including phenoxy) is 1. The van der Waals surface area contributed by atoms with Crippen LogP contribution in [0.1, 0.15) is 30.2 Å². The molecule has 3 aromatic rings. The van der Waals surface area contributed by atoms with Gasteiger partial charge in [0.2, 0.25) is 0 Å². The van der Waals surface area contributed by atoms with Crippen molar-refractivity contribution in [3.63, 3.8) is 0 Å². The first-order valence-corrected chi connectivity index (χ1v) is 9.57. The van der Waals surface area contributed by atoms with Crippen molar-refractivity contribution in [2.75, 3.05) is 13.2 Å². The van der Waals surface area contributed by atoms with Gasteiger partial charge in [0.05, 0.1) is 18.4 Å². The smallest absolute Gasteiger partial charge is 0.252 e. The third-order valence-electron chi connectivity index (χ3n) is 4.28. The van der Waals surface area contributed by atoms with E-state index in [0.29, 0.717) is 24.5 Å². The maximum Gasteiger partial charge on any atom is 0.252 e. The van der Waals surface area contributed by atoms with E-state index in [-0.39, 0.29) is 5.91 Å². The highest BCUT2D eigenvalue weighted by Gasteiger charge is 2.12. The van der Waals surface area contributed by atoms with E-state index in [1.54, 1.807) is 18.4 Å². The molecule has 0 saturated heterocycles. The zero-order valence-corrected chi connectivity index (χ0v) is 16.1. The quantitative estimate of drug-likeness (QED) is 0.424.